The van der Waals surface area contributed by atoms with Crippen molar-refractivity contribution in [1.82, 2.24) is 19.7 Å². The summed E-state index contributed by atoms with van der Waals surface area (Å²) in [5.41, 5.74) is 0.261. The van der Waals surface area contributed by atoms with E-state index in [-0.39, 0.29) is 29.5 Å². The first-order valence-electron chi connectivity index (χ1n) is 8.71. The zero-order valence-electron chi connectivity index (χ0n) is 16.0. The molecular formula is C18H16F3N5O3S2. The Morgan fingerprint density at radius 1 is 1.29 bits per heavy atom. The minimum Gasteiger partial charge on any atom is -0.406 e. The van der Waals surface area contributed by atoms with E-state index in [0.29, 0.717) is 5.82 Å². The largest absolute Gasteiger partial charge is 0.573 e. The predicted octanol–water partition coefficient (Wildman–Crippen LogP) is 3.66. The second-order valence-corrected chi connectivity index (χ2v) is 7.62. The van der Waals surface area contributed by atoms with Gasteiger partial charge in [-0.15, -0.1) is 24.5 Å². The van der Waals surface area contributed by atoms with Crippen molar-refractivity contribution < 1.29 is 27.5 Å². The standard InChI is InChI=1S/C18H16F3N5O3S2/c1-25(9-14(27)22-11-4-6-12(7-5-11)29-18(19,20)21)15(28)10-26-16(23-24-17(26)30)13-3-2-8-31-13/h2-8H,9-10H2,1H3,(H,22,27)(H,24,30). The van der Waals surface area contributed by atoms with Crippen molar-refractivity contribution in [1.29, 1.82) is 0 Å². The van der Waals surface area contributed by atoms with Gasteiger partial charge in [-0.1, -0.05) is 6.07 Å². The number of likely N-dealkylation sites (N-methyl/N-ethyl adjacent to an activating group) is 1. The van der Waals surface area contributed by atoms with Crippen LogP contribution in [0.25, 0.3) is 10.7 Å². The molecule has 164 valence electrons. The molecule has 2 amide bonds. The second kappa shape index (κ2) is 9.31. The molecule has 31 heavy (non-hydrogen) atoms. The molecule has 3 rings (SSSR count). The number of carbonyl (C=O) groups is 2. The molecule has 0 unspecified atom stereocenters. The molecule has 0 bridgehead atoms. The van der Waals surface area contributed by atoms with Gasteiger partial charge in [0.15, 0.2) is 10.6 Å². The van der Waals surface area contributed by atoms with Crippen molar-refractivity contribution in [3.05, 3.63) is 46.5 Å². The number of alkyl halides is 3. The minimum absolute atomic E-state index is 0.115. The van der Waals surface area contributed by atoms with Gasteiger partial charge in [-0.25, -0.2) is 0 Å². The van der Waals surface area contributed by atoms with Crippen LogP contribution in [0.3, 0.4) is 0 Å². The van der Waals surface area contributed by atoms with E-state index in [0.717, 1.165) is 17.0 Å². The highest BCUT2D eigenvalue weighted by Gasteiger charge is 2.31. The van der Waals surface area contributed by atoms with Gasteiger partial charge in [-0.3, -0.25) is 19.3 Å². The first-order chi connectivity index (χ1) is 14.6. The minimum atomic E-state index is -4.80. The lowest BCUT2D eigenvalue weighted by Gasteiger charge is -2.17. The van der Waals surface area contributed by atoms with Gasteiger partial charge in [-0.05, 0) is 47.9 Å². The molecule has 0 aliphatic rings. The molecule has 3 aromatic rings. The van der Waals surface area contributed by atoms with Gasteiger partial charge in [0.25, 0.3) is 0 Å². The van der Waals surface area contributed by atoms with E-state index in [4.69, 9.17) is 12.2 Å². The smallest absolute Gasteiger partial charge is 0.406 e. The van der Waals surface area contributed by atoms with Crippen LogP contribution in [0.2, 0.25) is 0 Å². The molecule has 13 heteroatoms. The SMILES string of the molecule is CN(CC(=O)Nc1ccc(OC(F)(F)F)cc1)C(=O)Cn1c(-c2cccs2)n[nH]c1=S. The number of hydrogen-bond acceptors (Lipinski definition) is 6. The van der Waals surface area contributed by atoms with Crippen LogP contribution in [0.5, 0.6) is 5.75 Å². The predicted molar refractivity (Wildman–Crippen MR) is 110 cm³/mol. The van der Waals surface area contributed by atoms with Gasteiger partial charge in [0, 0.05) is 12.7 Å². The molecule has 0 atom stereocenters. The fraction of sp³-hybridized carbons (Fsp3) is 0.222. The summed E-state index contributed by atoms with van der Waals surface area (Å²) in [6.45, 7) is -0.380. The van der Waals surface area contributed by atoms with E-state index in [1.54, 1.807) is 0 Å². The van der Waals surface area contributed by atoms with Crippen LogP contribution in [0, 0.1) is 4.77 Å². The third kappa shape index (κ3) is 6.15. The van der Waals surface area contributed by atoms with Crippen molar-refractivity contribution in [3.63, 3.8) is 0 Å². The highest BCUT2D eigenvalue weighted by molar-refractivity contribution is 7.71. The summed E-state index contributed by atoms with van der Waals surface area (Å²) in [7, 11) is 1.46. The van der Waals surface area contributed by atoms with Crippen molar-refractivity contribution in [2.24, 2.45) is 0 Å². The zero-order chi connectivity index (χ0) is 22.6. The van der Waals surface area contributed by atoms with Crippen LogP contribution in [-0.4, -0.2) is 51.4 Å². The number of thiophene rings is 1. The Balaban J connectivity index is 1.57. The van der Waals surface area contributed by atoms with E-state index in [2.05, 4.69) is 20.3 Å². The molecule has 2 heterocycles. The van der Waals surface area contributed by atoms with Crippen LogP contribution in [0.1, 0.15) is 0 Å². The van der Waals surface area contributed by atoms with Crippen molar-refractivity contribution in [2.45, 2.75) is 12.9 Å². The third-order valence-corrected chi connectivity index (χ3v) is 5.15. The summed E-state index contributed by atoms with van der Waals surface area (Å²) in [5, 5.41) is 11.2. The number of amides is 2. The fourth-order valence-corrected chi connectivity index (χ4v) is 3.48. The molecule has 0 fully saturated rings. The normalized spacial score (nSPS) is 11.2. The molecule has 0 aliphatic heterocycles. The second-order valence-electron chi connectivity index (χ2n) is 6.29. The summed E-state index contributed by atoms with van der Waals surface area (Å²) in [4.78, 5) is 26.8. The lowest BCUT2D eigenvalue weighted by Crippen LogP contribution is -2.37. The van der Waals surface area contributed by atoms with Gasteiger partial charge in [0.05, 0.1) is 11.4 Å². The van der Waals surface area contributed by atoms with Crippen LogP contribution in [0.4, 0.5) is 18.9 Å². The highest BCUT2D eigenvalue weighted by Crippen LogP contribution is 2.24. The van der Waals surface area contributed by atoms with Crippen molar-refractivity contribution >= 4 is 41.1 Å². The van der Waals surface area contributed by atoms with E-state index in [1.165, 1.54) is 40.0 Å². The van der Waals surface area contributed by atoms with Crippen molar-refractivity contribution in [2.75, 3.05) is 18.9 Å². The number of H-pyrrole nitrogens is 1. The van der Waals surface area contributed by atoms with Gasteiger partial charge >= 0.3 is 6.36 Å². The Kier molecular flexibility index (Phi) is 6.75. The van der Waals surface area contributed by atoms with Gasteiger partial charge < -0.3 is 15.0 Å². The van der Waals surface area contributed by atoms with Gasteiger partial charge in [-0.2, -0.15) is 5.10 Å². The topological polar surface area (TPSA) is 92.2 Å². The number of carbonyl (C=O) groups excluding carboxylic acids is 2. The average Bonchev–Trinajstić information content (AvgIpc) is 3.32. The maximum Gasteiger partial charge on any atom is 0.573 e. The van der Waals surface area contributed by atoms with Crippen LogP contribution in [0.15, 0.2) is 41.8 Å². The number of aromatic nitrogens is 3. The number of aromatic amines is 1. The van der Waals surface area contributed by atoms with Gasteiger partial charge in [0.2, 0.25) is 11.8 Å². The number of nitrogens with one attached hydrogen (secondary N) is 2. The molecule has 2 N–H and O–H groups in total. The number of ether oxygens (including phenoxy) is 1. The number of halogens is 3. The van der Waals surface area contributed by atoms with Crippen LogP contribution in [-0.2, 0) is 16.1 Å². The Morgan fingerprint density at radius 3 is 2.61 bits per heavy atom. The Morgan fingerprint density at radius 2 is 2.00 bits per heavy atom. The molecule has 2 aromatic heterocycles. The molecule has 0 radical (unpaired) electrons. The summed E-state index contributed by atoms with van der Waals surface area (Å²) in [5.74, 6) is -0.780. The lowest BCUT2D eigenvalue weighted by molar-refractivity contribution is -0.274. The molecule has 1 aromatic carbocycles. The van der Waals surface area contributed by atoms with Gasteiger partial charge in [0.1, 0.15) is 12.3 Å². The Bertz CT molecular complexity index is 1110. The number of benzene rings is 1. The highest BCUT2D eigenvalue weighted by atomic mass is 32.1. The number of anilines is 1. The molecule has 0 saturated heterocycles. The average molecular weight is 471 g/mol. The monoisotopic (exact) mass is 471 g/mol. The van der Waals surface area contributed by atoms with Crippen LogP contribution < -0.4 is 10.1 Å². The summed E-state index contributed by atoms with van der Waals surface area (Å²) >= 11 is 6.63. The summed E-state index contributed by atoms with van der Waals surface area (Å²) < 4.78 is 42.2. The summed E-state index contributed by atoms with van der Waals surface area (Å²) in [6.07, 6.45) is -4.80. The molecule has 8 nitrogen and oxygen atoms in total. The fourth-order valence-electron chi connectivity index (χ4n) is 2.56. The Hall–Kier alpha value is -3.19. The third-order valence-electron chi connectivity index (χ3n) is 3.97. The maximum absolute atomic E-state index is 12.6. The molecule has 0 aliphatic carbocycles. The number of hydrogen-bond donors (Lipinski definition) is 2. The van der Waals surface area contributed by atoms with E-state index in [9.17, 15) is 22.8 Å². The first-order valence-corrected chi connectivity index (χ1v) is 10.00. The lowest BCUT2D eigenvalue weighted by atomic mass is 10.3. The van der Waals surface area contributed by atoms with Crippen molar-refractivity contribution in [3.8, 4) is 16.5 Å². The van der Waals surface area contributed by atoms with E-state index < -0.39 is 18.0 Å². The van der Waals surface area contributed by atoms with E-state index >= 15 is 0 Å². The zero-order valence-corrected chi connectivity index (χ0v) is 17.6. The molecule has 0 spiro atoms. The summed E-state index contributed by atoms with van der Waals surface area (Å²) in [6, 6.07) is 8.37. The van der Waals surface area contributed by atoms with Crippen LogP contribution >= 0.6 is 23.6 Å². The van der Waals surface area contributed by atoms with E-state index in [1.807, 2.05) is 17.5 Å². The number of nitrogens with zero attached hydrogens (tertiary/aromatic N) is 3. The molecule has 0 saturated carbocycles. The number of rotatable bonds is 7. The Labute approximate surface area is 183 Å². The first kappa shape index (κ1) is 22.5. The quantitative estimate of drug-likeness (QED) is 0.513. The maximum atomic E-state index is 12.6. The molecular weight excluding hydrogens is 455 g/mol.